The van der Waals surface area contributed by atoms with Gasteiger partial charge in [0.2, 0.25) is 0 Å². The van der Waals surface area contributed by atoms with Gasteiger partial charge in [0.25, 0.3) is 0 Å². The molecule has 15 heavy (non-hydrogen) atoms. The molecule has 0 saturated heterocycles. The fourth-order valence-corrected chi connectivity index (χ4v) is 3.35. The quantitative estimate of drug-likeness (QED) is 0.696. The van der Waals surface area contributed by atoms with Gasteiger partial charge in [-0.25, -0.2) is 0 Å². The minimum absolute atomic E-state index is 0.658. The van der Waals surface area contributed by atoms with Crippen LogP contribution in [0.1, 0.15) is 65.2 Å². The predicted molar refractivity (Wildman–Crippen MR) is 66.0 cm³/mol. The summed E-state index contributed by atoms with van der Waals surface area (Å²) in [6, 6.07) is 0.820. The van der Waals surface area contributed by atoms with Crippen LogP contribution in [-0.2, 0) is 0 Å². The molecule has 2 saturated carbocycles. The Bertz CT molecular complexity index is 188. The zero-order valence-corrected chi connectivity index (χ0v) is 10.5. The summed E-state index contributed by atoms with van der Waals surface area (Å²) in [6.45, 7) is 5.90. The number of hydrogen-bond donors (Lipinski definition) is 1. The molecule has 0 amide bonds. The lowest BCUT2D eigenvalue weighted by Crippen LogP contribution is -2.42. The fourth-order valence-electron chi connectivity index (χ4n) is 3.35. The van der Waals surface area contributed by atoms with E-state index in [0.29, 0.717) is 5.41 Å². The van der Waals surface area contributed by atoms with Gasteiger partial charge in [0, 0.05) is 6.04 Å². The highest BCUT2D eigenvalue weighted by Crippen LogP contribution is 2.51. The monoisotopic (exact) mass is 209 g/mol. The first-order chi connectivity index (χ1) is 7.26. The number of nitrogens with one attached hydrogen (secondary N) is 1. The van der Waals surface area contributed by atoms with Crippen LogP contribution in [0.25, 0.3) is 0 Å². The van der Waals surface area contributed by atoms with Crippen LogP contribution in [0.5, 0.6) is 0 Å². The summed E-state index contributed by atoms with van der Waals surface area (Å²) in [6.07, 6.45) is 11.8. The summed E-state index contributed by atoms with van der Waals surface area (Å²) >= 11 is 0. The highest BCUT2D eigenvalue weighted by atomic mass is 14.9. The largest absolute Gasteiger partial charge is 0.313 e. The van der Waals surface area contributed by atoms with Gasteiger partial charge in [-0.3, -0.25) is 0 Å². The SMILES string of the molecule is CCNC(C1CCCCCC1)C1(C)CC1. The van der Waals surface area contributed by atoms with Gasteiger partial charge < -0.3 is 5.32 Å². The number of hydrogen-bond acceptors (Lipinski definition) is 1. The van der Waals surface area contributed by atoms with Crippen LogP contribution >= 0.6 is 0 Å². The molecule has 2 aliphatic rings. The molecule has 1 heteroatoms. The van der Waals surface area contributed by atoms with E-state index in [1.807, 2.05) is 0 Å². The molecule has 0 spiro atoms. The lowest BCUT2D eigenvalue weighted by Gasteiger charge is -2.32. The third kappa shape index (κ3) is 2.75. The summed E-state index contributed by atoms with van der Waals surface area (Å²) in [5.74, 6) is 0.972. The molecule has 1 unspecified atom stereocenters. The molecular weight excluding hydrogens is 182 g/mol. The first-order valence-corrected chi connectivity index (χ1v) is 6.99. The lowest BCUT2D eigenvalue weighted by atomic mass is 9.82. The van der Waals surface area contributed by atoms with Crippen molar-refractivity contribution >= 4 is 0 Å². The summed E-state index contributed by atoms with van der Waals surface area (Å²) in [4.78, 5) is 0. The minimum Gasteiger partial charge on any atom is -0.313 e. The molecule has 0 bridgehead atoms. The van der Waals surface area contributed by atoms with Crippen molar-refractivity contribution in [1.82, 2.24) is 5.32 Å². The van der Waals surface area contributed by atoms with Crippen LogP contribution in [0.15, 0.2) is 0 Å². The molecule has 0 aromatic heterocycles. The Morgan fingerprint density at radius 2 is 1.73 bits per heavy atom. The molecular formula is C14H27N. The molecule has 88 valence electrons. The normalized spacial score (nSPS) is 28.4. The summed E-state index contributed by atoms with van der Waals surface area (Å²) < 4.78 is 0. The van der Waals surface area contributed by atoms with Crippen LogP contribution in [0.3, 0.4) is 0 Å². The van der Waals surface area contributed by atoms with Crippen molar-refractivity contribution in [3.63, 3.8) is 0 Å². The number of rotatable bonds is 4. The van der Waals surface area contributed by atoms with Crippen molar-refractivity contribution in [2.75, 3.05) is 6.54 Å². The van der Waals surface area contributed by atoms with E-state index in [1.54, 1.807) is 0 Å². The Morgan fingerprint density at radius 1 is 1.13 bits per heavy atom. The standard InChI is InChI=1S/C14H27N/c1-3-15-13(14(2)10-11-14)12-8-6-4-5-7-9-12/h12-13,15H,3-11H2,1-2H3. The van der Waals surface area contributed by atoms with Gasteiger partial charge in [-0.1, -0.05) is 39.5 Å². The van der Waals surface area contributed by atoms with E-state index in [9.17, 15) is 0 Å². The molecule has 1 atom stereocenters. The zero-order valence-electron chi connectivity index (χ0n) is 10.5. The molecule has 2 aliphatic carbocycles. The highest BCUT2D eigenvalue weighted by molar-refractivity contribution is 5.01. The Balaban J connectivity index is 1.96. The van der Waals surface area contributed by atoms with Crippen molar-refractivity contribution in [1.29, 1.82) is 0 Å². The second-order valence-electron chi connectivity index (χ2n) is 5.94. The molecule has 2 fully saturated rings. The summed E-state index contributed by atoms with van der Waals surface area (Å²) in [5, 5.41) is 3.78. The average molecular weight is 209 g/mol. The molecule has 0 heterocycles. The van der Waals surface area contributed by atoms with E-state index in [0.717, 1.165) is 18.5 Å². The summed E-state index contributed by atoms with van der Waals surface area (Å²) in [7, 11) is 0. The molecule has 1 N–H and O–H groups in total. The maximum atomic E-state index is 3.78. The van der Waals surface area contributed by atoms with Gasteiger partial charge in [0.15, 0.2) is 0 Å². The maximum Gasteiger partial charge on any atom is 0.0149 e. The van der Waals surface area contributed by atoms with Gasteiger partial charge in [0.1, 0.15) is 0 Å². The van der Waals surface area contributed by atoms with E-state index in [1.165, 1.54) is 51.4 Å². The first-order valence-electron chi connectivity index (χ1n) is 6.99. The van der Waals surface area contributed by atoms with Gasteiger partial charge >= 0.3 is 0 Å². The van der Waals surface area contributed by atoms with Gasteiger partial charge in [-0.05, 0) is 43.6 Å². The van der Waals surface area contributed by atoms with Gasteiger partial charge in [0.05, 0.1) is 0 Å². The molecule has 0 radical (unpaired) electrons. The second-order valence-corrected chi connectivity index (χ2v) is 5.94. The molecule has 1 nitrogen and oxygen atoms in total. The Labute approximate surface area is 95.0 Å². The van der Waals surface area contributed by atoms with E-state index < -0.39 is 0 Å². The van der Waals surface area contributed by atoms with E-state index in [-0.39, 0.29) is 0 Å². The van der Waals surface area contributed by atoms with E-state index in [2.05, 4.69) is 19.2 Å². The van der Waals surface area contributed by atoms with Crippen LogP contribution < -0.4 is 5.32 Å². The maximum absolute atomic E-state index is 3.78. The zero-order chi connectivity index (χ0) is 10.7. The molecule has 0 aromatic carbocycles. The Kier molecular flexibility index (Phi) is 3.71. The van der Waals surface area contributed by atoms with Crippen molar-refractivity contribution in [3.8, 4) is 0 Å². The van der Waals surface area contributed by atoms with E-state index >= 15 is 0 Å². The van der Waals surface area contributed by atoms with Crippen molar-refractivity contribution < 1.29 is 0 Å². The topological polar surface area (TPSA) is 12.0 Å². The Hall–Kier alpha value is -0.0400. The van der Waals surface area contributed by atoms with Crippen molar-refractivity contribution in [2.45, 2.75) is 71.3 Å². The predicted octanol–water partition coefficient (Wildman–Crippen LogP) is 3.74. The molecule has 0 aliphatic heterocycles. The fraction of sp³-hybridized carbons (Fsp3) is 1.00. The van der Waals surface area contributed by atoms with Crippen molar-refractivity contribution in [3.05, 3.63) is 0 Å². The highest BCUT2D eigenvalue weighted by Gasteiger charge is 2.47. The van der Waals surface area contributed by atoms with E-state index in [4.69, 9.17) is 0 Å². The van der Waals surface area contributed by atoms with Crippen LogP contribution in [0, 0.1) is 11.3 Å². The van der Waals surface area contributed by atoms with Crippen LogP contribution in [0.4, 0.5) is 0 Å². The first kappa shape index (κ1) is 11.4. The smallest absolute Gasteiger partial charge is 0.0149 e. The van der Waals surface area contributed by atoms with Crippen molar-refractivity contribution in [2.24, 2.45) is 11.3 Å². The van der Waals surface area contributed by atoms with Gasteiger partial charge in [-0.15, -0.1) is 0 Å². The van der Waals surface area contributed by atoms with Gasteiger partial charge in [-0.2, -0.15) is 0 Å². The average Bonchev–Trinajstić information content (AvgIpc) is 2.99. The summed E-state index contributed by atoms with van der Waals surface area (Å²) in [5.41, 5.74) is 0.658. The van der Waals surface area contributed by atoms with Crippen LogP contribution in [0.2, 0.25) is 0 Å². The molecule has 0 aromatic rings. The Morgan fingerprint density at radius 3 is 2.20 bits per heavy atom. The minimum atomic E-state index is 0.658. The lowest BCUT2D eigenvalue weighted by molar-refractivity contribution is 0.235. The third-order valence-corrected chi connectivity index (χ3v) is 4.58. The molecule has 2 rings (SSSR count). The third-order valence-electron chi connectivity index (χ3n) is 4.58. The van der Waals surface area contributed by atoms with Crippen LogP contribution in [-0.4, -0.2) is 12.6 Å². The second kappa shape index (κ2) is 4.86.